The smallest absolute Gasteiger partial charge is 0.257 e. The van der Waals surface area contributed by atoms with Gasteiger partial charge in [-0.3, -0.25) is 10.1 Å². The Hall–Kier alpha value is -1.53. The molecule has 2 aromatic rings. The van der Waals surface area contributed by atoms with E-state index in [0.717, 1.165) is 4.90 Å². The van der Waals surface area contributed by atoms with Crippen LogP contribution >= 0.6 is 24.0 Å². The Labute approximate surface area is 108 Å². The van der Waals surface area contributed by atoms with Crippen LogP contribution in [0.4, 0.5) is 5.13 Å². The zero-order valence-electron chi connectivity index (χ0n) is 8.97. The van der Waals surface area contributed by atoms with Gasteiger partial charge in [-0.05, 0) is 31.2 Å². The summed E-state index contributed by atoms with van der Waals surface area (Å²) in [6.07, 6.45) is 0. The van der Waals surface area contributed by atoms with Crippen LogP contribution in [0, 0.1) is 6.92 Å². The second-order valence-electron chi connectivity index (χ2n) is 3.40. The zero-order valence-corrected chi connectivity index (χ0v) is 10.7. The minimum absolute atomic E-state index is 0.0454. The van der Waals surface area contributed by atoms with Crippen LogP contribution in [0.3, 0.4) is 0 Å². The number of thiol groups is 1. The summed E-state index contributed by atoms with van der Waals surface area (Å²) in [5, 5.41) is 12.3. The Morgan fingerprint density at radius 1 is 1.41 bits per heavy atom. The van der Waals surface area contributed by atoms with Crippen molar-refractivity contribution < 1.29 is 9.90 Å². The van der Waals surface area contributed by atoms with Crippen LogP contribution in [0.1, 0.15) is 15.2 Å². The molecule has 0 fully saturated rings. The Kier molecular flexibility index (Phi) is 3.35. The molecule has 0 aliphatic carbocycles. The van der Waals surface area contributed by atoms with Crippen LogP contribution in [-0.4, -0.2) is 16.0 Å². The fourth-order valence-corrected chi connectivity index (χ4v) is 2.08. The van der Waals surface area contributed by atoms with Crippen molar-refractivity contribution in [2.45, 2.75) is 11.8 Å². The zero-order chi connectivity index (χ0) is 12.4. The number of benzene rings is 1. The molecule has 0 aliphatic rings. The van der Waals surface area contributed by atoms with Gasteiger partial charge >= 0.3 is 0 Å². The minimum atomic E-state index is -0.257. The minimum Gasteiger partial charge on any atom is -0.492 e. The highest BCUT2D eigenvalue weighted by Gasteiger charge is 2.10. The van der Waals surface area contributed by atoms with Crippen molar-refractivity contribution in [2.75, 3.05) is 5.32 Å². The molecule has 1 heterocycles. The van der Waals surface area contributed by atoms with E-state index >= 15 is 0 Å². The first-order chi connectivity index (χ1) is 8.06. The van der Waals surface area contributed by atoms with Crippen molar-refractivity contribution in [3.8, 4) is 5.88 Å². The van der Waals surface area contributed by atoms with Gasteiger partial charge in [-0.2, -0.15) is 4.98 Å². The predicted octanol–water partition coefficient (Wildman–Crippen LogP) is 2.70. The highest BCUT2D eigenvalue weighted by Crippen LogP contribution is 2.26. The maximum absolute atomic E-state index is 11.8. The number of carbonyl (C=O) groups is 1. The molecule has 1 amide bonds. The number of aryl methyl sites for hydroxylation is 1. The fourth-order valence-electron chi connectivity index (χ4n) is 1.22. The summed E-state index contributed by atoms with van der Waals surface area (Å²) in [5.41, 5.74) is 0.523. The van der Waals surface area contributed by atoms with Crippen LogP contribution in [-0.2, 0) is 0 Å². The van der Waals surface area contributed by atoms with E-state index in [1.807, 2.05) is 0 Å². The summed E-state index contributed by atoms with van der Waals surface area (Å²) in [4.78, 5) is 17.1. The Bertz CT molecular complexity index is 530. The number of rotatable bonds is 2. The van der Waals surface area contributed by atoms with Crippen molar-refractivity contribution in [1.82, 2.24) is 4.98 Å². The molecule has 2 N–H and O–H groups in total. The Morgan fingerprint density at radius 2 is 2.06 bits per heavy atom. The third kappa shape index (κ3) is 2.78. The van der Waals surface area contributed by atoms with E-state index in [1.54, 1.807) is 31.2 Å². The first kappa shape index (κ1) is 11.9. The number of carbonyl (C=O) groups excluding carboxylic acids is 1. The normalized spacial score (nSPS) is 10.2. The van der Waals surface area contributed by atoms with Gasteiger partial charge in [0.2, 0.25) is 5.88 Å². The van der Waals surface area contributed by atoms with Gasteiger partial charge in [0, 0.05) is 10.5 Å². The molecule has 17 heavy (non-hydrogen) atoms. The van der Waals surface area contributed by atoms with Crippen molar-refractivity contribution in [1.29, 1.82) is 0 Å². The highest BCUT2D eigenvalue weighted by atomic mass is 32.1. The van der Waals surface area contributed by atoms with E-state index in [4.69, 9.17) is 0 Å². The van der Waals surface area contributed by atoms with Gasteiger partial charge in [-0.1, -0.05) is 11.3 Å². The van der Waals surface area contributed by atoms with Gasteiger partial charge in [0.25, 0.3) is 5.91 Å². The second kappa shape index (κ2) is 4.77. The predicted molar refractivity (Wildman–Crippen MR) is 70.2 cm³/mol. The standard InChI is InChI=1S/C11H10N2O2S2/c1-6-9(14)12-11(17-6)13-10(15)7-2-4-8(16)5-3-7/h2-5,14,16H,1H3,(H,12,13,15). The number of amides is 1. The van der Waals surface area contributed by atoms with Gasteiger partial charge in [-0.25, -0.2) is 0 Å². The maximum atomic E-state index is 11.8. The number of anilines is 1. The molecular weight excluding hydrogens is 256 g/mol. The number of thiazole rings is 1. The van der Waals surface area contributed by atoms with Crippen LogP contribution in [0.2, 0.25) is 0 Å². The molecule has 0 atom stereocenters. The summed E-state index contributed by atoms with van der Waals surface area (Å²) >= 11 is 5.37. The van der Waals surface area contributed by atoms with E-state index in [-0.39, 0.29) is 11.8 Å². The lowest BCUT2D eigenvalue weighted by atomic mass is 10.2. The molecule has 0 saturated carbocycles. The summed E-state index contributed by atoms with van der Waals surface area (Å²) in [7, 11) is 0. The summed E-state index contributed by atoms with van der Waals surface area (Å²) in [6.45, 7) is 1.73. The number of hydrogen-bond acceptors (Lipinski definition) is 5. The van der Waals surface area contributed by atoms with E-state index in [2.05, 4.69) is 22.9 Å². The Balaban J connectivity index is 2.14. The fraction of sp³-hybridized carbons (Fsp3) is 0.0909. The van der Waals surface area contributed by atoms with E-state index in [0.29, 0.717) is 15.6 Å². The van der Waals surface area contributed by atoms with Crippen LogP contribution in [0.15, 0.2) is 29.2 Å². The van der Waals surface area contributed by atoms with Crippen LogP contribution < -0.4 is 5.32 Å². The number of aromatic nitrogens is 1. The van der Waals surface area contributed by atoms with Crippen LogP contribution in [0.5, 0.6) is 5.88 Å². The lowest BCUT2D eigenvalue weighted by Gasteiger charge is -2.01. The lowest BCUT2D eigenvalue weighted by Crippen LogP contribution is -2.11. The first-order valence-corrected chi connectivity index (χ1v) is 6.09. The summed E-state index contributed by atoms with van der Waals surface area (Å²) in [6, 6.07) is 6.83. The number of hydrogen-bond donors (Lipinski definition) is 3. The first-order valence-electron chi connectivity index (χ1n) is 4.83. The average Bonchev–Trinajstić information content (AvgIpc) is 2.58. The Morgan fingerprint density at radius 3 is 2.59 bits per heavy atom. The molecule has 0 saturated heterocycles. The molecule has 88 valence electrons. The van der Waals surface area contributed by atoms with Gasteiger partial charge in [-0.15, -0.1) is 12.6 Å². The van der Waals surface area contributed by atoms with Crippen molar-refractivity contribution >= 4 is 35.0 Å². The topological polar surface area (TPSA) is 62.2 Å². The third-order valence-electron chi connectivity index (χ3n) is 2.12. The summed E-state index contributed by atoms with van der Waals surface area (Å²) in [5.74, 6) is -0.303. The third-order valence-corrected chi connectivity index (χ3v) is 3.30. The van der Waals surface area contributed by atoms with E-state index < -0.39 is 0 Å². The van der Waals surface area contributed by atoms with Crippen molar-refractivity contribution in [2.24, 2.45) is 0 Å². The highest BCUT2D eigenvalue weighted by molar-refractivity contribution is 7.80. The average molecular weight is 266 g/mol. The number of nitrogens with zero attached hydrogens (tertiary/aromatic N) is 1. The van der Waals surface area contributed by atoms with Crippen molar-refractivity contribution in [3.63, 3.8) is 0 Å². The number of aromatic hydroxyl groups is 1. The second-order valence-corrected chi connectivity index (χ2v) is 5.12. The molecular formula is C11H10N2O2S2. The largest absolute Gasteiger partial charge is 0.492 e. The van der Waals surface area contributed by atoms with E-state index in [1.165, 1.54) is 11.3 Å². The molecule has 0 radical (unpaired) electrons. The molecule has 0 aliphatic heterocycles. The van der Waals surface area contributed by atoms with Gasteiger partial charge < -0.3 is 5.11 Å². The van der Waals surface area contributed by atoms with Gasteiger partial charge in [0.05, 0.1) is 4.88 Å². The lowest BCUT2D eigenvalue weighted by molar-refractivity contribution is 0.102. The van der Waals surface area contributed by atoms with Gasteiger partial charge in [0.1, 0.15) is 0 Å². The SMILES string of the molecule is Cc1sc(NC(=O)c2ccc(S)cc2)nc1O. The monoisotopic (exact) mass is 266 g/mol. The summed E-state index contributed by atoms with van der Waals surface area (Å²) < 4.78 is 0. The van der Waals surface area contributed by atoms with Crippen molar-refractivity contribution in [3.05, 3.63) is 34.7 Å². The molecule has 0 bridgehead atoms. The van der Waals surface area contributed by atoms with Gasteiger partial charge in [0.15, 0.2) is 5.13 Å². The molecule has 6 heteroatoms. The maximum Gasteiger partial charge on any atom is 0.257 e. The number of nitrogens with one attached hydrogen (secondary N) is 1. The molecule has 0 spiro atoms. The quantitative estimate of drug-likeness (QED) is 0.732. The molecule has 2 rings (SSSR count). The molecule has 4 nitrogen and oxygen atoms in total. The molecule has 1 aromatic carbocycles. The molecule has 1 aromatic heterocycles. The van der Waals surface area contributed by atoms with Crippen LogP contribution in [0.25, 0.3) is 0 Å². The van der Waals surface area contributed by atoms with E-state index in [9.17, 15) is 9.90 Å². The molecule has 0 unspecified atom stereocenters.